The van der Waals surface area contributed by atoms with Gasteiger partial charge in [-0.3, -0.25) is 0 Å². The van der Waals surface area contributed by atoms with Crippen molar-refractivity contribution < 1.29 is 14.4 Å². The van der Waals surface area contributed by atoms with E-state index < -0.39 is 7.12 Å². The number of anilines is 1. The predicted molar refractivity (Wildman–Crippen MR) is 79.7 cm³/mol. The minimum absolute atomic E-state index is 0.137. The summed E-state index contributed by atoms with van der Waals surface area (Å²) in [5, 5.41) is 9.11. The summed E-state index contributed by atoms with van der Waals surface area (Å²) in [4.78, 5) is 4.01. The van der Waals surface area contributed by atoms with Crippen LogP contribution < -0.4 is 5.73 Å². The summed E-state index contributed by atoms with van der Waals surface area (Å²) in [7, 11) is -0.396. The van der Waals surface area contributed by atoms with Crippen LogP contribution in [-0.2, 0) is 15.9 Å². The molecule has 1 aliphatic rings. The summed E-state index contributed by atoms with van der Waals surface area (Å²) in [5.41, 5.74) is 6.38. The van der Waals surface area contributed by atoms with E-state index in [-0.39, 0.29) is 17.8 Å². The molecule has 1 aromatic rings. The van der Waals surface area contributed by atoms with Crippen molar-refractivity contribution in [3.8, 4) is 0 Å². The second-order valence-electron chi connectivity index (χ2n) is 5.96. The third kappa shape index (κ3) is 3.03. The molecule has 2 rings (SSSR count). The Bertz CT molecular complexity index is 513. The molecule has 3 N–H and O–H groups in total. The van der Waals surface area contributed by atoms with Crippen LogP contribution in [0.5, 0.6) is 0 Å². The molecule has 0 amide bonds. The van der Waals surface area contributed by atoms with Gasteiger partial charge in [-0.1, -0.05) is 12.1 Å². The zero-order chi connectivity index (χ0) is 15.0. The van der Waals surface area contributed by atoms with E-state index in [0.717, 1.165) is 5.56 Å². The van der Waals surface area contributed by atoms with Crippen molar-refractivity contribution in [2.45, 2.75) is 45.5 Å². The highest BCUT2D eigenvalue weighted by atomic mass is 16.7. The monoisotopic (exact) mass is 276 g/mol. The van der Waals surface area contributed by atoms with Gasteiger partial charge < -0.3 is 20.1 Å². The molecule has 6 heteroatoms. The fourth-order valence-corrected chi connectivity index (χ4v) is 1.97. The van der Waals surface area contributed by atoms with Crippen molar-refractivity contribution >= 4 is 19.0 Å². The highest BCUT2D eigenvalue weighted by Gasteiger charge is 2.49. The molecule has 1 aliphatic heterocycles. The van der Waals surface area contributed by atoms with E-state index in [1.165, 1.54) is 0 Å². The van der Waals surface area contributed by atoms with Crippen molar-refractivity contribution in [2.75, 3.05) is 5.73 Å². The first-order valence-corrected chi connectivity index (χ1v) is 6.65. The molecule has 1 saturated heterocycles. The van der Waals surface area contributed by atoms with E-state index in [0.29, 0.717) is 11.5 Å². The van der Waals surface area contributed by atoms with Crippen molar-refractivity contribution in [3.63, 3.8) is 0 Å². The summed E-state index contributed by atoms with van der Waals surface area (Å²) in [6.45, 7) is 7.90. The maximum atomic E-state index is 9.11. The van der Waals surface area contributed by atoms with Crippen LogP contribution in [0.25, 0.3) is 6.08 Å². The zero-order valence-corrected chi connectivity index (χ0v) is 12.4. The van der Waals surface area contributed by atoms with Gasteiger partial charge >= 0.3 is 7.12 Å². The Balaban J connectivity index is 2.13. The van der Waals surface area contributed by atoms with E-state index in [9.17, 15) is 0 Å². The zero-order valence-electron chi connectivity index (χ0n) is 12.4. The molecule has 0 aliphatic carbocycles. The van der Waals surface area contributed by atoms with E-state index in [1.807, 2.05) is 39.7 Å². The lowest BCUT2D eigenvalue weighted by Crippen LogP contribution is -2.41. The Hall–Kier alpha value is -1.37. The lowest BCUT2D eigenvalue weighted by molar-refractivity contribution is 0.00578. The van der Waals surface area contributed by atoms with Crippen LogP contribution in [0.1, 0.15) is 39.0 Å². The SMILES string of the molecule is CC1(C)OB(/C=C/c2cc(N)nc(CO)c2)OC1(C)C. The van der Waals surface area contributed by atoms with Crippen LogP contribution in [0.2, 0.25) is 0 Å². The molecule has 0 aromatic carbocycles. The van der Waals surface area contributed by atoms with Crippen LogP contribution in [0, 0.1) is 0 Å². The van der Waals surface area contributed by atoms with Gasteiger partial charge in [0, 0.05) is 0 Å². The number of nitrogens with zero attached hydrogens (tertiary/aromatic N) is 1. The van der Waals surface area contributed by atoms with E-state index in [2.05, 4.69) is 4.98 Å². The molecule has 1 aromatic heterocycles. The number of aliphatic hydroxyl groups excluding tert-OH is 1. The minimum atomic E-state index is -0.396. The molecule has 108 valence electrons. The van der Waals surface area contributed by atoms with Gasteiger partial charge in [0.25, 0.3) is 0 Å². The van der Waals surface area contributed by atoms with E-state index >= 15 is 0 Å². The summed E-state index contributed by atoms with van der Waals surface area (Å²) in [6, 6.07) is 3.51. The molecule has 1 fully saturated rings. The van der Waals surface area contributed by atoms with Crippen LogP contribution in [0.4, 0.5) is 5.82 Å². The van der Waals surface area contributed by atoms with E-state index in [4.69, 9.17) is 20.1 Å². The number of pyridine rings is 1. The molecule has 2 heterocycles. The largest absolute Gasteiger partial charge is 0.487 e. The second-order valence-corrected chi connectivity index (χ2v) is 5.96. The van der Waals surface area contributed by atoms with Crippen LogP contribution in [0.15, 0.2) is 18.1 Å². The Morgan fingerprint density at radius 3 is 2.40 bits per heavy atom. The number of nitrogens with two attached hydrogens (primary N) is 1. The van der Waals surface area contributed by atoms with Gasteiger partial charge in [0.15, 0.2) is 0 Å². The molecule has 0 radical (unpaired) electrons. The van der Waals surface area contributed by atoms with Crippen molar-refractivity contribution in [3.05, 3.63) is 29.4 Å². The number of aromatic nitrogens is 1. The first-order chi connectivity index (χ1) is 9.23. The molecular weight excluding hydrogens is 255 g/mol. The standard InChI is InChI=1S/C14H21BN2O3/c1-13(2)14(3,4)20-15(19-13)6-5-10-7-11(9-18)17-12(16)8-10/h5-8,18H,9H2,1-4H3,(H2,16,17)/b6-5+. The fourth-order valence-electron chi connectivity index (χ4n) is 1.97. The first kappa shape index (κ1) is 15.0. The van der Waals surface area contributed by atoms with Gasteiger partial charge in [-0.05, 0) is 45.4 Å². The van der Waals surface area contributed by atoms with Crippen molar-refractivity contribution in [1.29, 1.82) is 0 Å². The summed E-state index contributed by atoms with van der Waals surface area (Å²) in [5.74, 6) is 2.22. The highest BCUT2D eigenvalue weighted by Crippen LogP contribution is 2.37. The summed E-state index contributed by atoms with van der Waals surface area (Å²) < 4.78 is 11.7. The number of hydrogen-bond acceptors (Lipinski definition) is 5. The molecule has 0 atom stereocenters. The lowest BCUT2D eigenvalue weighted by atomic mass is 9.89. The van der Waals surface area contributed by atoms with Gasteiger partial charge in [0.05, 0.1) is 23.5 Å². The number of hydrogen-bond donors (Lipinski definition) is 2. The molecule has 0 spiro atoms. The fraction of sp³-hybridized carbons (Fsp3) is 0.500. The maximum absolute atomic E-state index is 9.11. The molecule has 5 nitrogen and oxygen atoms in total. The number of aliphatic hydroxyl groups is 1. The third-order valence-electron chi connectivity index (χ3n) is 3.80. The summed E-state index contributed by atoms with van der Waals surface area (Å²) >= 11 is 0. The van der Waals surface area contributed by atoms with Gasteiger partial charge in [0.2, 0.25) is 0 Å². The quantitative estimate of drug-likeness (QED) is 0.823. The minimum Gasteiger partial charge on any atom is -0.400 e. The van der Waals surface area contributed by atoms with Gasteiger partial charge in [-0.2, -0.15) is 0 Å². The molecule has 0 unspecified atom stereocenters. The van der Waals surface area contributed by atoms with Crippen molar-refractivity contribution in [2.24, 2.45) is 0 Å². The lowest BCUT2D eigenvalue weighted by Gasteiger charge is -2.32. The third-order valence-corrected chi connectivity index (χ3v) is 3.80. The normalized spacial score (nSPS) is 20.8. The van der Waals surface area contributed by atoms with Crippen molar-refractivity contribution in [1.82, 2.24) is 4.98 Å². The molecule has 20 heavy (non-hydrogen) atoms. The van der Waals surface area contributed by atoms with Gasteiger partial charge in [-0.25, -0.2) is 4.98 Å². The van der Waals surface area contributed by atoms with Crippen LogP contribution in [0.3, 0.4) is 0 Å². The number of nitrogen functional groups attached to an aromatic ring is 1. The average molecular weight is 276 g/mol. The Kier molecular flexibility index (Phi) is 3.91. The Morgan fingerprint density at radius 2 is 1.85 bits per heavy atom. The van der Waals surface area contributed by atoms with Gasteiger partial charge in [0.1, 0.15) is 5.82 Å². The van der Waals surface area contributed by atoms with Crippen LogP contribution >= 0.6 is 0 Å². The number of rotatable bonds is 3. The maximum Gasteiger partial charge on any atom is 0.487 e. The van der Waals surface area contributed by atoms with E-state index in [1.54, 1.807) is 12.1 Å². The van der Waals surface area contributed by atoms with Crippen LogP contribution in [-0.4, -0.2) is 28.4 Å². The topological polar surface area (TPSA) is 77.6 Å². The highest BCUT2D eigenvalue weighted by molar-refractivity contribution is 6.52. The second kappa shape index (κ2) is 5.20. The molecule has 0 bridgehead atoms. The molecule has 0 saturated carbocycles. The smallest absolute Gasteiger partial charge is 0.400 e. The predicted octanol–water partition coefficient (Wildman–Crippen LogP) is 1.80. The Morgan fingerprint density at radius 1 is 1.25 bits per heavy atom. The molecular formula is C14H21BN2O3. The first-order valence-electron chi connectivity index (χ1n) is 6.65. The Labute approximate surface area is 119 Å². The average Bonchev–Trinajstić information content (AvgIpc) is 2.54. The summed E-state index contributed by atoms with van der Waals surface area (Å²) in [6.07, 6.45) is 1.86. The van der Waals surface area contributed by atoms with Gasteiger partial charge in [-0.15, -0.1) is 0 Å².